The summed E-state index contributed by atoms with van der Waals surface area (Å²) in [6.45, 7) is 9.06. The summed E-state index contributed by atoms with van der Waals surface area (Å²) < 4.78 is 0. The minimum absolute atomic E-state index is 0.254. The lowest BCUT2D eigenvalue weighted by Crippen LogP contribution is -2.46. The van der Waals surface area contributed by atoms with Gasteiger partial charge in [0.1, 0.15) is 0 Å². The van der Waals surface area contributed by atoms with E-state index < -0.39 is 0 Å². The highest BCUT2D eigenvalue weighted by Gasteiger charge is 2.24. The standard InChI is InChI=1S/C13H28N2O/c1-4-14-13(10-16)8-9-15-11(2)6-5-7-12(15)3/h11-14,16H,4-10H2,1-3H3. The van der Waals surface area contributed by atoms with Gasteiger partial charge in [0.25, 0.3) is 0 Å². The van der Waals surface area contributed by atoms with Crippen LogP contribution < -0.4 is 5.32 Å². The molecule has 0 amide bonds. The molecule has 0 saturated carbocycles. The molecule has 16 heavy (non-hydrogen) atoms. The lowest BCUT2D eigenvalue weighted by atomic mass is 9.97. The Morgan fingerprint density at radius 2 is 1.94 bits per heavy atom. The zero-order chi connectivity index (χ0) is 12.0. The lowest BCUT2D eigenvalue weighted by molar-refractivity contribution is 0.0936. The molecular formula is C13H28N2O. The minimum Gasteiger partial charge on any atom is -0.395 e. The Bertz CT molecular complexity index is 177. The molecule has 0 aromatic heterocycles. The van der Waals surface area contributed by atoms with Crippen LogP contribution in [-0.4, -0.2) is 47.8 Å². The predicted octanol–water partition coefficient (Wildman–Crippen LogP) is 1.61. The van der Waals surface area contributed by atoms with Crippen LogP contribution in [0.15, 0.2) is 0 Å². The first-order chi connectivity index (χ1) is 7.69. The van der Waals surface area contributed by atoms with Crippen LogP contribution in [0.4, 0.5) is 0 Å². The second-order valence-corrected chi connectivity index (χ2v) is 5.09. The molecule has 0 spiro atoms. The van der Waals surface area contributed by atoms with Crippen molar-refractivity contribution in [2.45, 2.75) is 64.6 Å². The first-order valence-electron chi connectivity index (χ1n) is 6.79. The number of piperidine rings is 1. The van der Waals surface area contributed by atoms with Gasteiger partial charge in [-0.05, 0) is 39.7 Å². The average molecular weight is 228 g/mol. The van der Waals surface area contributed by atoms with Crippen molar-refractivity contribution in [3.8, 4) is 0 Å². The second-order valence-electron chi connectivity index (χ2n) is 5.09. The van der Waals surface area contributed by atoms with E-state index >= 15 is 0 Å². The molecular weight excluding hydrogens is 200 g/mol. The van der Waals surface area contributed by atoms with E-state index in [1.165, 1.54) is 19.3 Å². The number of likely N-dealkylation sites (N-methyl/N-ethyl adjacent to an activating group) is 1. The first-order valence-corrected chi connectivity index (χ1v) is 6.79. The van der Waals surface area contributed by atoms with Crippen molar-refractivity contribution in [2.75, 3.05) is 19.7 Å². The smallest absolute Gasteiger partial charge is 0.0585 e. The summed E-state index contributed by atoms with van der Waals surface area (Å²) in [5.74, 6) is 0. The first kappa shape index (κ1) is 13.9. The maximum Gasteiger partial charge on any atom is 0.0585 e. The fourth-order valence-electron chi connectivity index (χ4n) is 2.77. The van der Waals surface area contributed by atoms with Gasteiger partial charge in [0.2, 0.25) is 0 Å². The van der Waals surface area contributed by atoms with Gasteiger partial charge in [-0.15, -0.1) is 0 Å². The summed E-state index contributed by atoms with van der Waals surface area (Å²) in [7, 11) is 0. The van der Waals surface area contributed by atoms with E-state index in [9.17, 15) is 5.11 Å². The molecule has 2 N–H and O–H groups in total. The van der Waals surface area contributed by atoms with Gasteiger partial charge in [-0.1, -0.05) is 13.3 Å². The zero-order valence-corrected chi connectivity index (χ0v) is 11.1. The van der Waals surface area contributed by atoms with Crippen molar-refractivity contribution >= 4 is 0 Å². The van der Waals surface area contributed by atoms with Gasteiger partial charge in [-0.25, -0.2) is 0 Å². The number of hydrogen-bond acceptors (Lipinski definition) is 3. The van der Waals surface area contributed by atoms with E-state index in [0.29, 0.717) is 12.1 Å². The fraction of sp³-hybridized carbons (Fsp3) is 1.00. The number of hydrogen-bond donors (Lipinski definition) is 2. The third kappa shape index (κ3) is 4.04. The largest absolute Gasteiger partial charge is 0.395 e. The molecule has 3 nitrogen and oxygen atoms in total. The third-order valence-electron chi connectivity index (χ3n) is 3.83. The van der Waals surface area contributed by atoms with E-state index in [4.69, 9.17) is 0 Å². The van der Waals surface area contributed by atoms with Gasteiger partial charge in [0.15, 0.2) is 0 Å². The van der Waals surface area contributed by atoms with Gasteiger partial charge >= 0.3 is 0 Å². The molecule has 0 radical (unpaired) electrons. The molecule has 3 unspecified atom stereocenters. The molecule has 1 saturated heterocycles. The quantitative estimate of drug-likeness (QED) is 0.725. The summed E-state index contributed by atoms with van der Waals surface area (Å²) in [6.07, 6.45) is 5.08. The molecule has 0 aromatic rings. The third-order valence-corrected chi connectivity index (χ3v) is 3.83. The van der Waals surface area contributed by atoms with Crippen molar-refractivity contribution in [2.24, 2.45) is 0 Å². The summed E-state index contributed by atoms with van der Waals surface area (Å²) in [6, 6.07) is 1.70. The molecule has 0 aliphatic carbocycles. The highest BCUT2D eigenvalue weighted by atomic mass is 16.3. The van der Waals surface area contributed by atoms with E-state index in [0.717, 1.165) is 19.5 Å². The van der Waals surface area contributed by atoms with E-state index in [1.807, 2.05) is 0 Å². The minimum atomic E-state index is 0.254. The Hall–Kier alpha value is -0.120. The van der Waals surface area contributed by atoms with Crippen LogP contribution in [0.5, 0.6) is 0 Å². The van der Waals surface area contributed by atoms with Crippen LogP contribution in [0.2, 0.25) is 0 Å². The van der Waals surface area contributed by atoms with Crippen LogP contribution in [0, 0.1) is 0 Å². The number of aliphatic hydroxyl groups excluding tert-OH is 1. The molecule has 1 rings (SSSR count). The highest BCUT2D eigenvalue weighted by molar-refractivity contribution is 4.80. The molecule has 0 bridgehead atoms. The molecule has 3 heteroatoms. The summed E-state index contributed by atoms with van der Waals surface area (Å²) in [4.78, 5) is 2.60. The van der Waals surface area contributed by atoms with E-state index in [2.05, 4.69) is 31.0 Å². The number of nitrogens with zero attached hydrogens (tertiary/aromatic N) is 1. The zero-order valence-electron chi connectivity index (χ0n) is 11.1. The molecule has 1 aliphatic rings. The van der Waals surface area contributed by atoms with Crippen LogP contribution in [0.1, 0.15) is 46.5 Å². The van der Waals surface area contributed by atoms with Gasteiger partial charge in [0, 0.05) is 24.7 Å². The van der Waals surface area contributed by atoms with Crippen molar-refractivity contribution in [1.82, 2.24) is 10.2 Å². The number of rotatable bonds is 6. The molecule has 1 aliphatic heterocycles. The Balaban J connectivity index is 2.33. The second kappa shape index (κ2) is 7.25. The van der Waals surface area contributed by atoms with Crippen molar-refractivity contribution in [3.63, 3.8) is 0 Å². The number of nitrogens with one attached hydrogen (secondary N) is 1. The van der Waals surface area contributed by atoms with E-state index in [-0.39, 0.29) is 12.6 Å². The topological polar surface area (TPSA) is 35.5 Å². The molecule has 3 atom stereocenters. The number of likely N-dealkylation sites (tertiary alicyclic amines) is 1. The van der Waals surface area contributed by atoms with Crippen LogP contribution in [-0.2, 0) is 0 Å². The normalized spacial score (nSPS) is 29.2. The monoisotopic (exact) mass is 228 g/mol. The maximum absolute atomic E-state index is 9.24. The van der Waals surface area contributed by atoms with Gasteiger partial charge in [-0.2, -0.15) is 0 Å². The molecule has 1 heterocycles. The summed E-state index contributed by atoms with van der Waals surface area (Å²) >= 11 is 0. The SMILES string of the molecule is CCNC(CO)CCN1C(C)CCCC1C. The lowest BCUT2D eigenvalue weighted by Gasteiger charge is -2.39. The fourth-order valence-corrected chi connectivity index (χ4v) is 2.77. The Labute approximate surface area is 100 Å². The van der Waals surface area contributed by atoms with Gasteiger partial charge < -0.3 is 10.4 Å². The average Bonchev–Trinajstić information content (AvgIpc) is 2.27. The Morgan fingerprint density at radius 1 is 1.31 bits per heavy atom. The Morgan fingerprint density at radius 3 is 2.44 bits per heavy atom. The molecule has 0 aromatic carbocycles. The van der Waals surface area contributed by atoms with Crippen molar-refractivity contribution in [3.05, 3.63) is 0 Å². The highest BCUT2D eigenvalue weighted by Crippen LogP contribution is 2.22. The molecule has 1 fully saturated rings. The van der Waals surface area contributed by atoms with Gasteiger partial charge in [0.05, 0.1) is 6.61 Å². The number of aliphatic hydroxyl groups is 1. The van der Waals surface area contributed by atoms with Crippen molar-refractivity contribution in [1.29, 1.82) is 0 Å². The van der Waals surface area contributed by atoms with Crippen molar-refractivity contribution < 1.29 is 5.11 Å². The Kier molecular flexibility index (Phi) is 6.32. The molecule has 96 valence electrons. The van der Waals surface area contributed by atoms with Crippen LogP contribution in [0.25, 0.3) is 0 Å². The maximum atomic E-state index is 9.24. The van der Waals surface area contributed by atoms with Gasteiger partial charge in [-0.3, -0.25) is 4.90 Å². The summed E-state index contributed by atoms with van der Waals surface area (Å²) in [5, 5.41) is 12.6. The van der Waals surface area contributed by atoms with E-state index in [1.54, 1.807) is 0 Å². The van der Waals surface area contributed by atoms with Crippen LogP contribution in [0.3, 0.4) is 0 Å². The summed E-state index contributed by atoms with van der Waals surface area (Å²) in [5.41, 5.74) is 0. The van der Waals surface area contributed by atoms with Crippen LogP contribution >= 0.6 is 0 Å². The predicted molar refractivity (Wildman–Crippen MR) is 68.6 cm³/mol.